The molecular formula is C12H20N2. The quantitative estimate of drug-likeness (QED) is 0.774. The van der Waals surface area contributed by atoms with E-state index in [2.05, 4.69) is 37.1 Å². The van der Waals surface area contributed by atoms with E-state index in [9.17, 15) is 0 Å². The zero-order valence-corrected chi connectivity index (χ0v) is 9.33. The molecule has 1 heterocycles. The van der Waals surface area contributed by atoms with E-state index in [0.29, 0.717) is 12.0 Å². The SMILES string of the molecule is CC(C)C(C)NCCc1cccnc1. The first-order valence-electron chi connectivity index (χ1n) is 5.32. The average molecular weight is 192 g/mol. The second-order valence-corrected chi connectivity index (χ2v) is 4.10. The van der Waals surface area contributed by atoms with E-state index in [0.717, 1.165) is 13.0 Å². The second-order valence-electron chi connectivity index (χ2n) is 4.10. The molecule has 14 heavy (non-hydrogen) atoms. The molecule has 0 aromatic carbocycles. The maximum absolute atomic E-state index is 4.09. The first kappa shape index (κ1) is 11.2. The van der Waals surface area contributed by atoms with Crippen LogP contribution in [0.2, 0.25) is 0 Å². The summed E-state index contributed by atoms with van der Waals surface area (Å²) in [4.78, 5) is 4.09. The molecule has 0 fully saturated rings. The Kier molecular flexibility index (Phi) is 4.60. The number of nitrogens with one attached hydrogen (secondary N) is 1. The third-order valence-corrected chi connectivity index (χ3v) is 2.60. The lowest BCUT2D eigenvalue weighted by molar-refractivity contribution is 0.430. The van der Waals surface area contributed by atoms with Crippen LogP contribution in [0.1, 0.15) is 26.3 Å². The Hall–Kier alpha value is -0.890. The van der Waals surface area contributed by atoms with Gasteiger partial charge in [0.25, 0.3) is 0 Å². The van der Waals surface area contributed by atoms with Gasteiger partial charge in [0.15, 0.2) is 0 Å². The van der Waals surface area contributed by atoms with Gasteiger partial charge < -0.3 is 5.32 Å². The molecule has 1 aromatic heterocycles. The minimum Gasteiger partial charge on any atom is -0.314 e. The molecule has 0 saturated heterocycles. The van der Waals surface area contributed by atoms with Crippen LogP contribution >= 0.6 is 0 Å². The molecule has 0 spiro atoms. The van der Waals surface area contributed by atoms with Gasteiger partial charge in [-0.1, -0.05) is 19.9 Å². The van der Waals surface area contributed by atoms with Gasteiger partial charge in [0.05, 0.1) is 0 Å². The maximum atomic E-state index is 4.09. The highest BCUT2D eigenvalue weighted by Gasteiger charge is 2.04. The maximum Gasteiger partial charge on any atom is 0.0300 e. The normalized spacial score (nSPS) is 13.1. The van der Waals surface area contributed by atoms with Crippen LogP contribution in [0.15, 0.2) is 24.5 Å². The van der Waals surface area contributed by atoms with E-state index in [-0.39, 0.29) is 0 Å². The molecule has 1 rings (SSSR count). The number of pyridine rings is 1. The Morgan fingerprint density at radius 3 is 2.71 bits per heavy atom. The van der Waals surface area contributed by atoms with Crippen LogP contribution in [0.5, 0.6) is 0 Å². The van der Waals surface area contributed by atoms with E-state index in [1.165, 1.54) is 5.56 Å². The zero-order chi connectivity index (χ0) is 10.4. The van der Waals surface area contributed by atoms with Crippen molar-refractivity contribution in [3.05, 3.63) is 30.1 Å². The molecule has 0 saturated carbocycles. The van der Waals surface area contributed by atoms with Crippen LogP contribution in [-0.2, 0) is 6.42 Å². The molecule has 0 aliphatic rings. The van der Waals surface area contributed by atoms with E-state index >= 15 is 0 Å². The minimum atomic E-state index is 0.590. The first-order chi connectivity index (χ1) is 6.70. The lowest BCUT2D eigenvalue weighted by Crippen LogP contribution is -2.32. The fourth-order valence-electron chi connectivity index (χ4n) is 1.23. The van der Waals surface area contributed by atoms with E-state index in [1.807, 2.05) is 18.5 Å². The van der Waals surface area contributed by atoms with Gasteiger partial charge >= 0.3 is 0 Å². The van der Waals surface area contributed by atoms with Crippen molar-refractivity contribution in [3.8, 4) is 0 Å². The van der Waals surface area contributed by atoms with Crippen LogP contribution in [0.3, 0.4) is 0 Å². The van der Waals surface area contributed by atoms with Crippen molar-refractivity contribution in [3.63, 3.8) is 0 Å². The van der Waals surface area contributed by atoms with Crippen molar-refractivity contribution in [2.75, 3.05) is 6.54 Å². The lowest BCUT2D eigenvalue weighted by atomic mass is 10.1. The van der Waals surface area contributed by atoms with Crippen LogP contribution in [0, 0.1) is 5.92 Å². The predicted molar refractivity (Wildman–Crippen MR) is 60.2 cm³/mol. The van der Waals surface area contributed by atoms with Crippen LogP contribution in [0.4, 0.5) is 0 Å². The van der Waals surface area contributed by atoms with Gasteiger partial charge in [-0.25, -0.2) is 0 Å². The van der Waals surface area contributed by atoms with Gasteiger partial charge in [-0.15, -0.1) is 0 Å². The van der Waals surface area contributed by atoms with Gasteiger partial charge in [0.2, 0.25) is 0 Å². The Bertz CT molecular complexity index is 244. The predicted octanol–water partition coefficient (Wildman–Crippen LogP) is 2.26. The number of nitrogens with zero attached hydrogens (tertiary/aromatic N) is 1. The standard InChI is InChI=1S/C12H20N2/c1-10(2)11(3)14-8-6-12-5-4-7-13-9-12/h4-5,7,9-11,14H,6,8H2,1-3H3. The average Bonchev–Trinajstić information content (AvgIpc) is 2.19. The molecule has 0 aliphatic heterocycles. The molecule has 0 aliphatic carbocycles. The fraction of sp³-hybridized carbons (Fsp3) is 0.583. The van der Waals surface area contributed by atoms with E-state index < -0.39 is 0 Å². The summed E-state index contributed by atoms with van der Waals surface area (Å²) in [5.74, 6) is 0.698. The number of rotatable bonds is 5. The Morgan fingerprint density at radius 2 is 2.14 bits per heavy atom. The fourth-order valence-corrected chi connectivity index (χ4v) is 1.23. The van der Waals surface area contributed by atoms with Crippen molar-refractivity contribution in [1.29, 1.82) is 0 Å². The highest BCUT2D eigenvalue weighted by Crippen LogP contribution is 2.00. The number of hydrogen-bond acceptors (Lipinski definition) is 2. The highest BCUT2D eigenvalue weighted by molar-refractivity contribution is 5.08. The van der Waals surface area contributed by atoms with E-state index in [1.54, 1.807) is 0 Å². The van der Waals surface area contributed by atoms with Crippen molar-refractivity contribution in [2.45, 2.75) is 33.2 Å². The first-order valence-corrected chi connectivity index (χ1v) is 5.32. The molecule has 0 bridgehead atoms. The Labute approximate surface area is 86.8 Å². The van der Waals surface area contributed by atoms with Crippen molar-refractivity contribution in [1.82, 2.24) is 10.3 Å². The van der Waals surface area contributed by atoms with Gasteiger partial charge in [0.1, 0.15) is 0 Å². The largest absolute Gasteiger partial charge is 0.314 e. The Balaban J connectivity index is 2.22. The molecule has 2 nitrogen and oxygen atoms in total. The van der Waals surface area contributed by atoms with Crippen LogP contribution in [0.25, 0.3) is 0 Å². The molecule has 1 aromatic rings. The summed E-state index contributed by atoms with van der Waals surface area (Å²) >= 11 is 0. The van der Waals surface area contributed by atoms with Crippen molar-refractivity contribution in [2.24, 2.45) is 5.92 Å². The smallest absolute Gasteiger partial charge is 0.0300 e. The third-order valence-electron chi connectivity index (χ3n) is 2.60. The number of aromatic nitrogens is 1. The molecule has 78 valence electrons. The zero-order valence-electron chi connectivity index (χ0n) is 9.33. The van der Waals surface area contributed by atoms with Crippen LogP contribution < -0.4 is 5.32 Å². The third kappa shape index (κ3) is 3.88. The highest BCUT2D eigenvalue weighted by atomic mass is 14.9. The van der Waals surface area contributed by atoms with Gasteiger partial charge in [0, 0.05) is 18.4 Å². The minimum absolute atomic E-state index is 0.590. The summed E-state index contributed by atoms with van der Waals surface area (Å²) in [6.07, 6.45) is 4.81. The molecule has 1 unspecified atom stereocenters. The molecule has 1 N–H and O–H groups in total. The summed E-state index contributed by atoms with van der Waals surface area (Å²) in [7, 11) is 0. The Morgan fingerprint density at radius 1 is 1.36 bits per heavy atom. The topological polar surface area (TPSA) is 24.9 Å². The van der Waals surface area contributed by atoms with Gasteiger partial charge in [-0.2, -0.15) is 0 Å². The summed E-state index contributed by atoms with van der Waals surface area (Å²) in [6.45, 7) is 7.74. The summed E-state index contributed by atoms with van der Waals surface area (Å²) < 4.78 is 0. The van der Waals surface area contributed by atoms with Crippen molar-refractivity contribution < 1.29 is 0 Å². The van der Waals surface area contributed by atoms with Gasteiger partial charge in [-0.05, 0) is 37.4 Å². The molecule has 1 atom stereocenters. The summed E-state index contributed by atoms with van der Waals surface area (Å²) in [6, 6.07) is 4.70. The van der Waals surface area contributed by atoms with Crippen LogP contribution in [-0.4, -0.2) is 17.6 Å². The van der Waals surface area contributed by atoms with E-state index in [4.69, 9.17) is 0 Å². The number of hydrogen-bond donors (Lipinski definition) is 1. The van der Waals surface area contributed by atoms with Crippen molar-refractivity contribution >= 4 is 0 Å². The molecule has 0 amide bonds. The molecular weight excluding hydrogens is 172 g/mol. The summed E-state index contributed by atoms with van der Waals surface area (Å²) in [5, 5.41) is 3.50. The molecule has 0 radical (unpaired) electrons. The lowest BCUT2D eigenvalue weighted by Gasteiger charge is -2.17. The van der Waals surface area contributed by atoms with Gasteiger partial charge in [-0.3, -0.25) is 4.98 Å². The summed E-state index contributed by atoms with van der Waals surface area (Å²) in [5.41, 5.74) is 1.30. The molecule has 2 heteroatoms. The second kappa shape index (κ2) is 5.76. The monoisotopic (exact) mass is 192 g/mol.